The zero-order valence-corrected chi connectivity index (χ0v) is 17.8. The van der Waals surface area contributed by atoms with Crippen LogP contribution in [0.2, 0.25) is 0 Å². The minimum Gasteiger partial charge on any atom is -0.508 e. The highest BCUT2D eigenvalue weighted by Gasteiger charge is 2.04. The highest BCUT2D eigenvalue weighted by molar-refractivity contribution is 7.85. The summed E-state index contributed by atoms with van der Waals surface area (Å²) in [6, 6.07) is 5.74. The number of benzene rings is 1. The summed E-state index contributed by atoms with van der Waals surface area (Å²) in [5, 5.41) is 9.89. The van der Waals surface area contributed by atoms with E-state index in [2.05, 4.69) is 13.0 Å². The van der Waals surface area contributed by atoms with Crippen LogP contribution in [-0.2, 0) is 16.5 Å². The summed E-state index contributed by atoms with van der Waals surface area (Å²) >= 11 is 0. The van der Waals surface area contributed by atoms with Crippen LogP contribution in [0.5, 0.6) is 5.75 Å². The average molecular weight is 399 g/mol. The Labute approximate surface area is 166 Å². The molecule has 0 atom stereocenters. The number of hydrogen-bond acceptors (Lipinski definition) is 3. The molecule has 0 aliphatic heterocycles. The summed E-state index contributed by atoms with van der Waals surface area (Å²) in [4.78, 5) is 0. The second kappa shape index (κ2) is 14.0. The Morgan fingerprint density at radius 1 is 0.741 bits per heavy atom. The number of rotatable bonds is 16. The first-order valence-electron chi connectivity index (χ1n) is 10.6. The van der Waals surface area contributed by atoms with Crippen molar-refractivity contribution in [2.24, 2.45) is 0 Å². The molecule has 0 unspecified atom stereocenters. The van der Waals surface area contributed by atoms with E-state index in [0.717, 1.165) is 37.7 Å². The fourth-order valence-electron chi connectivity index (χ4n) is 3.54. The number of unbranched alkanes of at least 4 members (excludes halogenated alkanes) is 12. The molecule has 156 valence electrons. The van der Waals surface area contributed by atoms with Gasteiger partial charge >= 0.3 is 0 Å². The number of hydrogen-bond donors (Lipinski definition) is 2. The summed E-state index contributed by atoms with van der Waals surface area (Å²) in [7, 11) is -3.77. The molecule has 0 saturated carbocycles. The van der Waals surface area contributed by atoms with Gasteiger partial charge in [0.15, 0.2) is 0 Å². The monoisotopic (exact) mass is 398 g/mol. The molecular formula is C22H38O4S. The topological polar surface area (TPSA) is 74.6 Å². The van der Waals surface area contributed by atoms with Crippen LogP contribution in [-0.4, -0.2) is 23.8 Å². The van der Waals surface area contributed by atoms with Crippen LogP contribution < -0.4 is 0 Å². The molecule has 2 N–H and O–H groups in total. The number of phenolic OH excluding ortho intramolecular Hbond substituents is 1. The summed E-state index contributed by atoms with van der Waals surface area (Å²) < 4.78 is 29.8. The molecule has 1 aromatic rings. The van der Waals surface area contributed by atoms with Crippen LogP contribution in [0.25, 0.3) is 0 Å². The van der Waals surface area contributed by atoms with Crippen molar-refractivity contribution in [1.82, 2.24) is 0 Å². The molecule has 0 fully saturated rings. The zero-order chi connectivity index (χ0) is 20.0. The highest BCUT2D eigenvalue weighted by atomic mass is 32.2. The predicted molar refractivity (Wildman–Crippen MR) is 113 cm³/mol. The van der Waals surface area contributed by atoms with Gasteiger partial charge in [-0.25, -0.2) is 0 Å². The Morgan fingerprint density at radius 3 is 1.63 bits per heavy atom. The minimum absolute atomic E-state index is 0.0981. The van der Waals surface area contributed by atoms with Crippen molar-refractivity contribution < 1.29 is 18.1 Å². The normalized spacial score (nSPS) is 11.8. The van der Waals surface area contributed by atoms with Gasteiger partial charge in [-0.15, -0.1) is 0 Å². The lowest BCUT2D eigenvalue weighted by Gasteiger charge is -2.08. The van der Waals surface area contributed by atoms with Crippen molar-refractivity contribution in [3.05, 3.63) is 29.3 Å². The van der Waals surface area contributed by atoms with E-state index >= 15 is 0 Å². The van der Waals surface area contributed by atoms with Gasteiger partial charge in [0.2, 0.25) is 0 Å². The van der Waals surface area contributed by atoms with Gasteiger partial charge in [-0.1, -0.05) is 82.8 Å². The standard InChI is InChI=1S/C22H38O4S/c1-20-16-15-18-22(23)21(20)17-13-11-9-7-5-3-2-4-6-8-10-12-14-19-27(24,25)26/h15-16,18,23H,2-14,17,19H2,1H3,(H,24,25,26). The lowest BCUT2D eigenvalue weighted by molar-refractivity contribution is 0.465. The van der Waals surface area contributed by atoms with Gasteiger partial charge in [0, 0.05) is 0 Å². The molecular weight excluding hydrogens is 360 g/mol. The molecule has 5 heteroatoms. The Morgan fingerprint density at radius 2 is 1.19 bits per heavy atom. The third-order valence-corrected chi connectivity index (χ3v) is 6.02. The van der Waals surface area contributed by atoms with E-state index in [1.54, 1.807) is 6.07 Å². The Kier molecular flexibility index (Phi) is 12.4. The average Bonchev–Trinajstić information content (AvgIpc) is 2.59. The third kappa shape index (κ3) is 12.9. The SMILES string of the molecule is Cc1cccc(O)c1CCCCCCCCCCCCCCCS(=O)(=O)O. The first-order valence-corrected chi connectivity index (χ1v) is 12.2. The van der Waals surface area contributed by atoms with Gasteiger partial charge in [-0.3, -0.25) is 4.55 Å². The molecule has 27 heavy (non-hydrogen) atoms. The summed E-state index contributed by atoms with van der Waals surface area (Å²) in [6.07, 6.45) is 16.0. The lowest BCUT2D eigenvalue weighted by atomic mass is 10.00. The molecule has 1 rings (SSSR count). The molecule has 4 nitrogen and oxygen atoms in total. The second-order valence-corrected chi connectivity index (χ2v) is 9.28. The van der Waals surface area contributed by atoms with Crippen LogP contribution >= 0.6 is 0 Å². The Balaban J connectivity index is 1.84. The van der Waals surface area contributed by atoms with E-state index in [1.165, 1.54) is 56.9 Å². The van der Waals surface area contributed by atoms with Gasteiger partial charge < -0.3 is 5.11 Å². The van der Waals surface area contributed by atoms with E-state index in [-0.39, 0.29) is 5.75 Å². The largest absolute Gasteiger partial charge is 0.508 e. The molecule has 0 bridgehead atoms. The first kappa shape index (κ1) is 24.0. The highest BCUT2D eigenvalue weighted by Crippen LogP contribution is 2.23. The minimum atomic E-state index is -3.77. The number of phenols is 1. The summed E-state index contributed by atoms with van der Waals surface area (Å²) in [5.41, 5.74) is 2.30. The molecule has 0 heterocycles. The molecule has 0 aliphatic carbocycles. The first-order chi connectivity index (χ1) is 12.9. The second-order valence-electron chi connectivity index (χ2n) is 7.70. The fraction of sp³-hybridized carbons (Fsp3) is 0.727. The van der Waals surface area contributed by atoms with E-state index in [4.69, 9.17) is 4.55 Å². The van der Waals surface area contributed by atoms with E-state index in [1.807, 2.05) is 6.07 Å². The Hall–Kier alpha value is -1.07. The van der Waals surface area contributed by atoms with Crippen LogP contribution in [0.4, 0.5) is 0 Å². The van der Waals surface area contributed by atoms with Crippen molar-refractivity contribution in [1.29, 1.82) is 0 Å². The zero-order valence-electron chi connectivity index (χ0n) is 17.0. The lowest BCUT2D eigenvalue weighted by Crippen LogP contribution is -2.03. The van der Waals surface area contributed by atoms with Crippen molar-refractivity contribution in [3.8, 4) is 5.75 Å². The smallest absolute Gasteiger partial charge is 0.264 e. The van der Waals surface area contributed by atoms with Crippen molar-refractivity contribution >= 4 is 10.1 Å². The van der Waals surface area contributed by atoms with Gasteiger partial charge in [0.05, 0.1) is 5.75 Å². The molecule has 0 saturated heterocycles. The van der Waals surface area contributed by atoms with Crippen molar-refractivity contribution in [2.75, 3.05) is 5.75 Å². The van der Waals surface area contributed by atoms with E-state index in [9.17, 15) is 13.5 Å². The van der Waals surface area contributed by atoms with Crippen molar-refractivity contribution in [2.45, 2.75) is 96.8 Å². The molecule has 0 aliphatic rings. The number of aryl methyl sites for hydroxylation is 1. The maximum absolute atomic E-state index is 10.6. The van der Waals surface area contributed by atoms with Crippen LogP contribution in [0.15, 0.2) is 18.2 Å². The molecule has 0 amide bonds. The quantitative estimate of drug-likeness (QED) is 0.257. The summed E-state index contributed by atoms with van der Waals surface area (Å²) in [6.45, 7) is 2.06. The molecule has 0 aromatic heterocycles. The summed E-state index contributed by atoms with van der Waals surface area (Å²) in [5.74, 6) is 0.340. The third-order valence-electron chi connectivity index (χ3n) is 5.21. The van der Waals surface area contributed by atoms with Gasteiger partial charge in [0.1, 0.15) is 5.75 Å². The molecule has 1 aromatic carbocycles. The van der Waals surface area contributed by atoms with E-state index in [0.29, 0.717) is 12.2 Å². The maximum atomic E-state index is 10.6. The maximum Gasteiger partial charge on any atom is 0.264 e. The van der Waals surface area contributed by atoms with Crippen molar-refractivity contribution in [3.63, 3.8) is 0 Å². The van der Waals surface area contributed by atoms with Gasteiger partial charge in [-0.05, 0) is 43.4 Å². The van der Waals surface area contributed by atoms with E-state index < -0.39 is 10.1 Å². The fourth-order valence-corrected chi connectivity index (χ4v) is 4.11. The van der Waals surface area contributed by atoms with Crippen LogP contribution in [0.3, 0.4) is 0 Å². The van der Waals surface area contributed by atoms with Crippen LogP contribution in [0, 0.1) is 6.92 Å². The molecule has 0 spiro atoms. The van der Waals surface area contributed by atoms with Crippen LogP contribution in [0.1, 0.15) is 94.6 Å². The predicted octanol–water partition coefficient (Wildman–Crippen LogP) is 6.20. The van der Waals surface area contributed by atoms with Gasteiger partial charge in [-0.2, -0.15) is 8.42 Å². The number of aromatic hydroxyl groups is 1. The molecule has 0 radical (unpaired) electrons. The van der Waals surface area contributed by atoms with Gasteiger partial charge in [0.25, 0.3) is 10.1 Å². The Bertz CT molecular complexity index is 590.